The molecule has 0 aromatic rings. The van der Waals surface area contributed by atoms with Gasteiger partial charge in [0.05, 0.1) is 6.04 Å². The molecule has 5 nitrogen and oxygen atoms in total. The van der Waals surface area contributed by atoms with Crippen molar-refractivity contribution in [1.29, 1.82) is 0 Å². The van der Waals surface area contributed by atoms with Crippen LogP contribution in [0.4, 0.5) is 0 Å². The molecule has 2 atom stereocenters. The highest BCUT2D eigenvalue weighted by Crippen LogP contribution is 1.99. The van der Waals surface area contributed by atoms with Crippen LogP contribution in [0.1, 0.15) is 19.8 Å². The molecule has 0 radical (unpaired) electrons. The Morgan fingerprint density at radius 1 is 1.85 bits per heavy atom. The molecule has 0 spiro atoms. The van der Waals surface area contributed by atoms with Crippen molar-refractivity contribution in [2.24, 2.45) is 5.73 Å². The van der Waals surface area contributed by atoms with Gasteiger partial charge >= 0.3 is 0 Å². The van der Waals surface area contributed by atoms with Crippen LogP contribution in [-0.2, 0) is 9.59 Å². The molecule has 0 aromatic heterocycles. The van der Waals surface area contributed by atoms with Crippen LogP contribution in [0, 0.1) is 0 Å². The van der Waals surface area contributed by atoms with Gasteiger partial charge in [-0.05, 0) is 6.92 Å². The molecule has 1 rings (SSSR count). The molecule has 5 heteroatoms. The summed E-state index contributed by atoms with van der Waals surface area (Å²) in [4.78, 5) is 22.0. The second kappa shape index (κ2) is 4.23. The molecule has 2 amide bonds. The van der Waals surface area contributed by atoms with Gasteiger partial charge in [-0.25, -0.2) is 0 Å². The lowest BCUT2D eigenvalue weighted by Gasteiger charge is -2.11. The molecule has 0 saturated carbocycles. The van der Waals surface area contributed by atoms with Crippen molar-refractivity contribution in [2.75, 3.05) is 6.54 Å². The van der Waals surface area contributed by atoms with Crippen LogP contribution in [0.2, 0.25) is 0 Å². The second-order valence-corrected chi connectivity index (χ2v) is 3.45. The fourth-order valence-electron chi connectivity index (χ4n) is 1.29. The molecule has 13 heavy (non-hydrogen) atoms. The molecule has 0 bridgehead atoms. The van der Waals surface area contributed by atoms with Crippen LogP contribution in [0.25, 0.3) is 0 Å². The maximum Gasteiger partial charge on any atom is 0.222 e. The third-order valence-corrected chi connectivity index (χ3v) is 1.85. The Kier molecular flexibility index (Phi) is 3.25. The first-order valence-electron chi connectivity index (χ1n) is 4.39. The molecule has 1 saturated heterocycles. The van der Waals surface area contributed by atoms with Crippen molar-refractivity contribution in [3.05, 3.63) is 0 Å². The predicted molar refractivity (Wildman–Crippen MR) is 47.8 cm³/mol. The smallest absolute Gasteiger partial charge is 0.222 e. The Hall–Kier alpha value is -1.10. The summed E-state index contributed by atoms with van der Waals surface area (Å²) in [5, 5.41) is 5.38. The summed E-state index contributed by atoms with van der Waals surface area (Å²) in [5.74, 6) is -0.0948. The zero-order valence-electron chi connectivity index (χ0n) is 7.67. The Morgan fingerprint density at radius 2 is 2.54 bits per heavy atom. The van der Waals surface area contributed by atoms with Gasteiger partial charge in [0, 0.05) is 25.4 Å². The van der Waals surface area contributed by atoms with Gasteiger partial charge in [-0.15, -0.1) is 0 Å². The molecular formula is C8H15N3O2. The topological polar surface area (TPSA) is 84.2 Å². The van der Waals surface area contributed by atoms with E-state index in [9.17, 15) is 9.59 Å². The fraction of sp³-hybridized carbons (Fsp3) is 0.750. The van der Waals surface area contributed by atoms with E-state index in [-0.39, 0.29) is 23.9 Å². The Labute approximate surface area is 77.1 Å². The van der Waals surface area contributed by atoms with Crippen LogP contribution in [0.5, 0.6) is 0 Å². The normalized spacial score (nSPS) is 23.8. The van der Waals surface area contributed by atoms with E-state index < -0.39 is 0 Å². The number of rotatable bonds is 3. The average molecular weight is 185 g/mol. The first kappa shape index (κ1) is 9.98. The first-order chi connectivity index (χ1) is 6.08. The molecule has 0 aromatic carbocycles. The zero-order valence-corrected chi connectivity index (χ0v) is 7.67. The number of hydrogen-bond acceptors (Lipinski definition) is 3. The highest BCUT2D eigenvalue weighted by atomic mass is 16.2. The van der Waals surface area contributed by atoms with Gasteiger partial charge in [-0.3, -0.25) is 9.59 Å². The number of carbonyl (C=O) groups excluding carboxylic acids is 2. The lowest BCUT2D eigenvalue weighted by atomic mass is 10.2. The SMILES string of the molecule is CC(N)CC(=O)NC1CNC(=O)C1. The fourth-order valence-corrected chi connectivity index (χ4v) is 1.29. The van der Waals surface area contributed by atoms with Crippen molar-refractivity contribution in [1.82, 2.24) is 10.6 Å². The Balaban J connectivity index is 2.24. The van der Waals surface area contributed by atoms with Crippen molar-refractivity contribution >= 4 is 11.8 Å². The van der Waals surface area contributed by atoms with E-state index in [0.717, 1.165) is 0 Å². The van der Waals surface area contributed by atoms with Crippen LogP contribution >= 0.6 is 0 Å². The van der Waals surface area contributed by atoms with Crippen LogP contribution in [0.3, 0.4) is 0 Å². The van der Waals surface area contributed by atoms with Crippen molar-refractivity contribution in [3.8, 4) is 0 Å². The first-order valence-corrected chi connectivity index (χ1v) is 4.39. The minimum Gasteiger partial charge on any atom is -0.354 e. The van der Waals surface area contributed by atoms with E-state index in [4.69, 9.17) is 5.73 Å². The van der Waals surface area contributed by atoms with Crippen LogP contribution in [-0.4, -0.2) is 30.4 Å². The lowest BCUT2D eigenvalue weighted by molar-refractivity contribution is -0.122. The monoisotopic (exact) mass is 185 g/mol. The van der Waals surface area contributed by atoms with E-state index in [0.29, 0.717) is 19.4 Å². The minimum absolute atomic E-state index is 0.00824. The molecular weight excluding hydrogens is 170 g/mol. The largest absolute Gasteiger partial charge is 0.354 e. The van der Waals surface area contributed by atoms with E-state index in [1.54, 1.807) is 6.92 Å². The molecule has 2 unspecified atom stereocenters. The standard InChI is InChI=1S/C8H15N3O2/c1-5(9)2-8(13)11-6-3-7(12)10-4-6/h5-6H,2-4,9H2,1H3,(H,10,12)(H,11,13). The predicted octanol–water partition coefficient (Wildman–Crippen LogP) is -1.27. The van der Waals surface area contributed by atoms with E-state index in [1.807, 2.05) is 0 Å². The molecule has 74 valence electrons. The Bertz CT molecular complexity index is 215. The highest BCUT2D eigenvalue weighted by molar-refractivity contribution is 5.82. The second-order valence-electron chi connectivity index (χ2n) is 3.45. The molecule has 1 aliphatic heterocycles. The highest BCUT2D eigenvalue weighted by Gasteiger charge is 2.22. The van der Waals surface area contributed by atoms with Gasteiger partial charge in [-0.1, -0.05) is 0 Å². The number of nitrogens with one attached hydrogen (secondary N) is 2. The van der Waals surface area contributed by atoms with E-state index >= 15 is 0 Å². The summed E-state index contributed by atoms with van der Waals surface area (Å²) in [6.07, 6.45) is 0.690. The maximum atomic E-state index is 11.2. The van der Waals surface area contributed by atoms with E-state index in [1.165, 1.54) is 0 Å². The number of nitrogens with two attached hydrogens (primary N) is 1. The Morgan fingerprint density at radius 3 is 3.00 bits per heavy atom. The van der Waals surface area contributed by atoms with Gasteiger partial charge in [-0.2, -0.15) is 0 Å². The average Bonchev–Trinajstić information content (AvgIpc) is 2.33. The molecule has 0 aliphatic carbocycles. The quantitative estimate of drug-likeness (QED) is 0.512. The van der Waals surface area contributed by atoms with Gasteiger partial charge in [0.25, 0.3) is 0 Å². The lowest BCUT2D eigenvalue weighted by Crippen LogP contribution is -2.38. The van der Waals surface area contributed by atoms with Crippen molar-refractivity contribution < 1.29 is 9.59 Å². The minimum atomic E-state index is -0.134. The van der Waals surface area contributed by atoms with Crippen LogP contribution < -0.4 is 16.4 Å². The molecule has 1 aliphatic rings. The van der Waals surface area contributed by atoms with E-state index in [2.05, 4.69) is 10.6 Å². The molecule has 4 N–H and O–H groups in total. The number of hydrogen-bond donors (Lipinski definition) is 3. The summed E-state index contributed by atoms with van der Waals surface area (Å²) >= 11 is 0. The van der Waals surface area contributed by atoms with Gasteiger partial charge in [0.1, 0.15) is 0 Å². The van der Waals surface area contributed by atoms with Crippen molar-refractivity contribution in [3.63, 3.8) is 0 Å². The third-order valence-electron chi connectivity index (χ3n) is 1.85. The van der Waals surface area contributed by atoms with Gasteiger partial charge in [0.2, 0.25) is 11.8 Å². The third kappa shape index (κ3) is 3.42. The molecule has 1 heterocycles. The molecule has 1 fully saturated rings. The summed E-state index contributed by atoms with van der Waals surface area (Å²) in [6.45, 7) is 2.31. The summed E-state index contributed by atoms with van der Waals surface area (Å²) < 4.78 is 0. The zero-order chi connectivity index (χ0) is 9.84. The van der Waals surface area contributed by atoms with Crippen LogP contribution in [0.15, 0.2) is 0 Å². The summed E-state index contributed by atoms with van der Waals surface area (Å²) in [5.41, 5.74) is 5.45. The number of amides is 2. The van der Waals surface area contributed by atoms with Gasteiger partial charge in [0.15, 0.2) is 0 Å². The summed E-state index contributed by atoms with van der Waals surface area (Å²) in [6, 6.07) is -0.191. The van der Waals surface area contributed by atoms with Crippen molar-refractivity contribution in [2.45, 2.75) is 31.8 Å². The number of carbonyl (C=O) groups is 2. The van der Waals surface area contributed by atoms with Gasteiger partial charge < -0.3 is 16.4 Å². The summed E-state index contributed by atoms with van der Waals surface area (Å²) in [7, 11) is 0. The maximum absolute atomic E-state index is 11.2.